The Morgan fingerprint density at radius 1 is 1.05 bits per heavy atom. The highest BCUT2D eigenvalue weighted by Gasteiger charge is 2.28. The maximum Gasteiger partial charge on any atom is 0.258 e. The zero-order valence-corrected chi connectivity index (χ0v) is 23.7. The Morgan fingerprint density at radius 2 is 1.85 bits per heavy atom. The van der Waals surface area contributed by atoms with E-state index in [0.717, 1.165) is 53.0 Å². The molecule has 6 rings (SSSR count). The lowest BCUT2D eigenvalue weighted by molar-refractivity contribution is 0.0989. The van der Waals surface area contributed by atoms with Crippen LogP contribution in [0.25, 0.3) is 22.5 Å². The fourth-order valence-corrected chi connectivity index (χ4v) is 6.21. The highest BCUT2D eigenvalue weighted by atomic mass is 16.5. The summed E-state index contributed by atoms with van der Waals surface area (Å²) in [6.07, 6.45) is 5.43. The van der Waals surface area contributed by atoms with Crippen molar-refractivity contribution in [2.75, 3.05) is 32.1 Å². The van der Waals surface area contributed by atoms with Gasteiger partial charge in [-0.15, -0.1) is 0 Å². The van der Waals surface area contributed by atoms with Crippen LogP contribution in [0.5, 0.6) is 5.75 Å². The highest BCUT2D eigenvalue weighted by molar-refractivity contribution is 6.07. The molecule has 2 aliphatic heterocycles. The Labute approximate surface area is 235 Å². The quantitative estimate of drug-likeness (QED) is 0.278. The molecule has 0 radical (unpaired) electrons. The SMILES string of the molecule is COc1cc2c(cc1CCC1CCCN1C)N(C(=O)c1ccc(-c3ccc(-c4noc(C)n4)cc3C)cc1)CC2. The van der Waals surface area contributed by atoms with Crippen molar-refractivity contribution in [1.29, 1.82) is 0 Å². The van der Waals surface area contributed by atoms with Crippen LogP contribution in [0.1, 0.15) is 52.2 Å². The fourth-order valence-electron chi connectivity index (χ4n) is 6.21. The molecule has 0 N–H and O–H groups in total. The first-order chi connectivity index (χ1) is 19.4. The third-order valence-corrected chi connectivity index (χ3v) is 8.50. The van der Waals surface area contributed by atoms with Crippen molar-refractivity contribution in [3.63, 3.8) is 0 Å². The van der Waals surface area contributed by atoms with E-state index in [-0.39, 0.29) is 5.91 Å². The Bertz CT molecular complexity index is 1540. The fraction of sp³-hybridized carbons (Fsp3) is 0.364. The predicted octanol–water partition coefficient (Wildman–Crippen LogP) is 6.26. The van der Waals surface area contributed by atoms with E-state index in [2.05, 4.69) is 53.3 Å². The summed E-state index contributed by atoms with van der Waals surface area (Å²) in [6.45, 7) is 5.72. The van der Waals surface area contributed by atoms with Gasteiger partial charge in [0.25, 0.3) is 5.91 Å². The summed E-state index contributed by atoms with van der Waals surface area (Å²) in [5.41, 5.74) is 8.28. The largest absolute Gasteiger partial charge is 0.496 e. The second-order valence-electron chi connectivity index (χ2n) is 11.1. The van der Waals surface area contributed by atoms with Gasteiger partial charge < -0.3 is 19.1 Å². The van der Waals surface area contributed by atoms with E-state index < -0.39 is 0 Å². The molecule has 0 spiro atoms. The summed E-state index contributed by atoms with van der Waals surface area (Å²) in [7, 11) is 3.96. The maximum absolute atomic E-state index is 13.7. The van der Waals surface area contributed by atoms with Crippen molar-refractivity contribution in [3.8, 4) is 28.3 Å². The number of carbonyl (C=O) groups is 1. The second-order valence-corrected chi connectivity index (χ2v) is 11.1. The monoisotopic (exact) mass is 536 g/mol. The zero-order valence-electron chi connectivity index (χ0n) is 23.7. The number of hydrogen-bond donors (Lipinski definition) is 0. The highest BCUT2D eigenvalue weighted by Crippen LogP contribution is 2.37. The molecule has 1 atom stereocenters. The van der Waals surface area contributed by atoms with Crippen LogP contribution in [-0.2, 0) is 12.8 Å². The lowest BCUT2D eigenvalue weighted by atomic mass is 9.97. The van der Waals surface area contributed by atoms with Crippen LogP contribution in [0.15, 0.2) is 59.1 Å². The topological polar surface area (TPSA) is 71.7 Å². The summed E-state index contributed by atoms with van der Waals surface area (Å²) in [5.74, 6) is 2.11. The number of methoxy groups -OCH3 is 1. The molecule has 3 heterocycles. The van der Waals surface area contributed by atoms with Crippen molar-refractivity contribution >= 4 is 11.6 Å². The number of benzene rings is 3. The van der Waals surface area contributed by atoms with Gasteiger partial charge in [0.1, 0.15) is 5.75 Å². The molecule has 0 saturated carbocycles. The number of aromatic nitrogens is 2. The molecule has 2 aliphatic rings. The van der Waals surface area contributed by atoms with Gasteiger partial charge in [0.2, 0.25) is 11.7 Å². The molecule has 206 valence electrons. The van der Waals surface area contributed by atoms with Crippen molar-refractivity contribution in [2.45, 2.75) is 52.0 Å². The van der Waals surface area contributed by atoms with Crippen LogP contribution in [0.3, 0.4) is 0 Å². The number of likely N-dealkylation sites (tertiary alicyclic amines) is 1. The maximum atomic E-state index is 13.7. The van der Waals surface area contributed by atoms with Gasteiger partial charge in [-0.3, -0.25) is 4.79 Å². The summed E-state index contributed by atoms with van der Waals surface area (Å²) >= 11 is 0. The molecule has 1 amide bonds. The number of fused-ring (bicyclic) bond motifs is 1. The van der Waals surface area contributed by atoms with Crippen LogP contribution in [-0.4, -0.2) is 54.2 Å². The number of rotatable bonds is 7. The van der Waals surface area contributed by atoms with Crippen molar-refractivity contribution in [2.24, 2.45) is 0 Å². The third-order valence-electron chi connectivity index (χ3n) is 8.50. The van der Waals surface area contributed by atoms with Gasteiger partial charge in [0.15, 0.2) is 0 Å². The Kier molecular flexibility index (Phi) is 7.15. The normalized spacial score (nSPS) is 16.9. The number of carbonyl (C=O) groups excluding carboxylic acids is 1. The first-order valence-electron chi connectivity index (χ1n) is 14.1. The third kappa shape index (κ3) is 5.02. The van der Waals surface area contributed by atoms with Gasteiger partial charge in [-0.05, 0) is 111 Å². The van der Waals surface area contributed by atoms with Crippen LogP contribution in [0.2, 0.25) is 0 Å². The van der Waals surface area contributed by atoms with Crippen molar-refractivity contribution in [3.05, 3.63) is 82.7 Å². The number of ether oxygens (including phenoxy) is 1. The van der Waals surface area contributed by atoms with E-state index in [1.54, 1.807) is 14.0 Å². The van der Waals surface area contributed by atoms with E-state index in [1.807, 2.05) is 35.2 Å². The number of nitrogens with zero attached hydrogens (tertiary/aromatic N) is 4. The van der Waals surface area contributed by atoms with Gasteiger partial charge >= 0.3 is 0 Å². The average Bonchev–Trinajstić information content (AvgIpc) is 3.70. The molecule has 1 fully saturated rings. The first kappa shape index (κ1) is 26.3. The Hall–Kier alpha value is -3.97. The van der Waals surface area contributed by atoms with Crippen LogP contribution in [0, 0.1) is 13.8 Å². The Morgan fingerprint density at radius 3 is 2.52 bits per heavy atom. The zero-order chi connectivity index (χ0) is 27.8. The van der Waals surface area contributed by atoms with Gasteiger partial charge in [-0.25, -0.2) is 0 Å². The van der Waals surface area contributed by atoms with Crippen molar-refractivity contribution < 1.29 is 14.1 Å². The van der Waals surface area contributed by atoms with Crippen LogP contribution < -0.4 is 9.64 Å². The molecular weight excluding hydrogens is 500 g/mol. The molecule has 1 unspecified atom stereocenters. The second kappa shape index (κ2) is 10.9. The molecule has 7 heteroatoms. The minimum Gasteiger partial charge on any atom is -0.496 e. The van der Waals surface area contributed by atoms with Gasteiger partial charge in [0, 0.05) is 36.3 Å². The van der Waals surface area contributed by atoms with Gasteiger partial charge in [-0.1, -0.05) is 29.4 Å². The molecule has 4 aromatic rings. The lowest BCUT2D eigenvalue weighted by Crippen LogP contribution is -2.29. The number of amides is 1. The molecular formula is C33H36N4O3. The average molecular weight is 537 g/mol. The molecule has 0 bridgehead atoms. The van der Waals surface area contributed by atoms with Crippen LogP contribution >= 0.6 is 0 Å². The molecule has 1 saturated heterocycles. The Balaban J connectivity index is 1.20. The smallest absolute Gasteiger partial charge is 0.258 e. The van der Waals surface area contributed by atoms with E-state index in [4.69, 9.17) is 9.26 Å². The van der Waals surface area contributed by atoms with Gasteiger partial charge in [-0.2, -0.15) is 4.98 Å². The minimum absolute atomic E-state index is 0.0384. The molecule has 40 heavy (non-hydrogen) atoms. The molecule has 7 nitrogen and oxygen atoms in total. The first-order valence-corrected chi connectivity index (χ1v) is 14.1. The lowest BCUT2D eigenvalue weighted by Gasteiger charge is -2.22. The number of anilines is 1. The minimum atomic E-state index is 0.0384. The summed E-state index contributed by atoms with van der Waals surface area (Å²) in [4.78, 5) is 22.4. The summed E-state index contributed by atoms with van der Waals surface area (Å²) in [6, 6.07) is 19.0. The summed E-state index contributed by atoms with van der Waals surface area (Å²) < 4.78 is 10.9. The molecule has 3 aromatic carbocycles. The van der Waals surface area contributed by atoms with E-state index in [0.29, 0.717) is 29.9 Å². The number of aryl methyl sites for hydroxylation is 3. The number of hydrogen-bond acceptors (Lipinski definition) is 6. The standard InChI is InChI=1S/C33H36N4O3/c1-21-18-27(32-34-22(2)40-35-32)12-14-29(21)23-7-9-24(10-8-23)33(38)37-17-15-25-20-31(39-4)26(19-30(25)37)11-13-28-6-5-16-36(28)3/h7-10,12,14,18-20,28H,5-6,11,13,15-17H2,1-4H3. The van der Waals surface area contributed by atoms with Crippen molar-refractivity contribution in [1.82, 2.24) is 15.0 Å². The summed E-state index contributed by atoms with van der Waals surface area (Å²) in [5, 5.41) is 4.02. The van der Waals surface area contributed by atoms with E-state index >= 15 is 0 Å². The van der Waals surface area contributed by atoms with Crippen LogP contribution in [0.4, 0.5) is 5.69 Å². The molecule has 0 aliphatic carbocycles. The van der Waals surface area contributed by atoms with E-state index in [1.165, 1.54) is 30.5 Å². The van der Waals surface area contributed by atoms with Gasteiger partial charge in [0.05, 0.1) is 7.11 Å². The van der Waals surface area contributed by atoms with E-state index in [9.17, 15) is 4.79 Å². The molecule has 1 aromatic heterocycles. The predicted molar refractivity (Wildman–Crippen MR) is 157 cm³/mol.